The van der Waals surface area contributed by atoms with Gasteiger partial charge in [-0.1, -0.05) is 43.3 Å². The molecule has 0 saturated carbocycles. The molecule has 1 aliphatic rings. The Morgan fingerprint density at radius 3 is 2.51 bits per heavy atom. The van der Waals surface area contributed by atoms with Crippen molar-refractivity contribution < 1.29 is 18.7 Å². The number of rotatable bonds is 8. The minimum absolute atomic E-state index is 0.119. The summed E-state index contributed by atoms with van der Waals surface area (Å²) in [5, 5.41) is 0.472. The van der Waals surface area contributed by atoms with Crippen molar-refractivity contribution in [1.82, 2.24) is 4.90 Å². The molecule has 0 saturated heterocycles. The van der Waals surface area contributed by atoms with Gasteiger partial charge >= 0.3 is 0 Å². The third kappa shape index (κ3) is 4.28. The van der Waals surface area contributed by atoms with Crippen LogP contribution >= 0.6 is 0 Å². The molecule has 2 heterocycles. The van der Waals surface area contributed by atoms with Crippen molar-refractivity contribution in [3.05, 3.63) is 105 Å². The molecule has 0 radical (unpaired) electrons. The predicted octanol–water partition coefficient (Wildman–Crippen LogP) is 5.38. The molecule has 0 aliphatic carbocycles. The highest BCUT2D eigenvalue weighted by molar-refractivity contribution is 5.99. The van der Waals surface area contributed by atoms with Crippen molar-refractivity contribution >= 4 is 16.9 Å². The molecule has 35 heavy (non-hydrogen) atoms. The van der Waals surface area contributed by atoms with E-state index in [1.54, 1.807) is 36.3 Å². The number of methoxy groups -OCH3 is 1. The van der Waals surface area contributed by atoms with Gasteiger partial charge in [0.2, 0.25) is 5.76 Å². The van der Waals surface area contributed by atoms with Crippen molar-refractivity contribution in [2.24, 2.45) is 0 Å². The highest BCUT2D eigenvalue weighted by atomic mass is 16.5. The fourth-order valence-electron chi connectivity index (χ4n) is 4.58. The lowest BCUT2D eigenvalue weighted by Gasteiger charge is -2.25. The van der Waals surface area contributed by atoms with Gasteiger partial charge in [-0.25, -0.2) is 0 Å². The predicted molar refractivity (Wildman–Crippen MR) is 134 cm³/mol. The third-order valence-corrected chi connectivity index (χ3v) is 6.32. The van der Waals surface area contributed by atoms with Crippen LogP contribution in [0.15, 0.2) is 82.0 Å². The number of nitrogens with zero attached hydrogens (tertiary/aromatic N) is 1. The molecule has 4 aromatic rings. The first-order valence-electron chi connectivity index (χ1n) is 11.8. The van der Waals surface area contributed by atoms with Crippen LogP contribution in [0.5, 0.6) is 11.5 Å². The number of benzene rings is 3. The molecule has 1 amide bonds. The van der Waals surface area contributed by atoms with E-state index in [9.17, 15) is 9.59 Å². The number of hydrogen-bond donors (Lipinski definition) is 0. The first-order chi connectivity index (χ1) is 17.1. The Bertz CT molecular complexity index is 1420. The van der Waals surface area contributed by atoms with Gasteiger partial charge in [0.05, 0.1) is 30.7 Å². The number of fused-ring (bicyclic) bond motifs is 2. The van der Waals surface area contributed by atoms with Crippen LogP contribution in [0, 0.1) is 0 Å². The molecule has 1 aromatic heterocycles. The van der Waals surface area contributed by atoms with Gasteiger partial charge in [-0.05, 0) is 60.4 Å². The minimum atomic E-state index is -0.554. The molecule has 5 rings (SSSR count). The Morgan fingerprint density at radius 2 is 1.74 bits per heavy atom. The molecular weight excluding hydrogens is 442 g/mol. The van der Waals surface area contributed by atoms with E-state index in [4.69, 9.17) is 13.9 Å². The summed E-state index contributed by atoms with van der Waals surface area (Å²) in [6.45, 7) is 3.07. The second-order valence-corrected chi connectivity index (χ2v) is 8.59. The van der Waals surface area contributed by atoms with E-state index in [2.05, 4.69) is 0 Å². The number of carbonyl (C=O) groups is 1. The third-order valence-electron chi connectivity index (χ3n) is 6.32. The second kappa shape index (κ2) is 9.66. The second-order valence-electron chi connectivity index (χ2n) is 8.59. The summed E-state index contributed by atoms with van der Waals surface area (Å²) in [7, 11) is 1.63. The quantitative estimate of drug-likeness (QED) is 0.347. The lowest BCUT2D eigenvalue weighted by Crippen LogP contribution is -2.31. The van der Waals surface area contributed by atoms with Crippen LogP contribution in [-0.4, -0.2) is 31.1 Å². The summed E-state index contributed by atoms with van der Waals surface area (Å²) in [6.07, 6.45) is 1.51. The summed E-state index contributed by atoms with van der Waals surface area (Å²) >= 11 is 0. The maximum atomic E-state index is 13.6. The molecule has 1 aliphatic heterocycles. The van der Waals surface area contributed by atoms with Crippen LogP contribution in [0.2, 0.25) is 0 Å². The first kappa shape index (κ1) is 22.7. The summed E-state index contributed by atoms with van der Waals surface area (Å²) in [5.41, 5.74) is 2.52. The van der Waals surface area contributed by atoms with Gasteiger partial charge in [0.25, 0.3) is 5.91 Å². The Hall–Kier alpha value is -4.06. The SMILES string of the molecule is CCCOc1cccc([C@@H]2c3c(oc4ccccc4c3=O)C(=O)N2CCc2ccc(OC)cc2)c1. The maximum absolute atomic E-state index is 13.6. The van der Waals surface area contributed by atoms with Gasteiger partial charge < -0.3 is 18.8 Å². The Labute approximate surface area is 203 Å². The first-order valence-corrected chi connectivity index (χ1v) is 11.8. The average molecular weight is 470 g/mol. The maximum Gasteiger partial charge on any atom is 0.290 e. The highest BCUT2D eigenvalue weighted by Crippen LogP contribution is 2.39. The van der Waals surface area contributed by atoms with Crippen LogP contribution in [-0.2, 0) is 6.42 Å². The molecule has 178 valence electrons. The zero-order valence-electron chi connectivity index (χ0n) is 19.8. The molecule has 0 fully saturated rings. The van der Waals surface area contributed by atoms with Crippen LogP contribution in [0.3, 0.4) is 0 Å². The van der Waals surface area contributed by atoms with E-state index >= 15 is 0 Å². The molecule has 0 bridgehead atoms. The fraction of sp³-hybridized carbons (Fsp3) is 0.241. The van der Waals surface area contributed by atoms with Gasteiger partial charge in [0, 0.05) is 6.54 Å². The summed E-state index contributed by atoms with van der Waals surface area (Å²) in [5.74, 6) is 1.33. The van der Waals surface area contributed by atoms with E-state index in [0.29, 0.717) is 41.9 Å². The van der Waals surface area contributed by atoms with Crippen LogP contribution in [0.4, 0.5) is 0 Å². The molecular formula is C29H27NO5. The zero-order valence-corrected chi connectivity index (χ0v) is 19.8. The number of hydrogen-bond acceptors (Lipinski definition) is 5. The molecule has 0 unspecified atom stereocenters. The lowest BCUT2D eigenvalue weighted by atomic mass is 9.98. The van der Waals surface area contributed by atoms with Gasteiger partial charge in [0.15, 0.2) is 5.43 Å². The number of para-hydroxylation sites is 1. The Balaban J connectivity index is 1.57. The van der Waals surface area contributed by atoms with E-state index in [1.165, 1.54) is 0 Å². The summed E-state index contributed by atoms with van der Waals surface area (Å²) < 4.78 is 17.1. The van der Waals surface area contributed by atoms with Gasteiger partial charge in [0.1, 0.15) is 17.1 Å². The van der Waals surface area contributed by atoms with Crippen LogP contribution < -0.4 is 14.9 Å². The molecule has 0 N–H and O–H groups in total. The summed E-state index contributed by atoms with van der Waals surface area (Å²) in [4.78, 5) is 28.9. The Morgan fingerprint density at radius 1 is 0.943 bits per heavy atom. The largest absolute Gasteiger partial charge is 0.497 e. The molecule has 3 aromatic carbocycles. The van der Waals surface area contributed by atoms with Crippen molar-refractivity contribution in [1.29, 1.82) is 0 Å². The van der Waals surface area contributed by atoms with E-state index in [1.807, 2.05) is 55.5 Å². The molecule has 6 nitrogen and oxygen atoms in total. The Kier molecular flexibility index (Phi) is 6.27. The molecule has 0 spiro atoms. The zero-order chi connectivity index (χ0) is 24.4. The van der Waals surface area contributed by atoms with Crippen molar-refractivity contribution in [2.45, 2.75) is 25.8 Å². The smallest absolute Gasteiger partial charge is 0.290 e. The van der Waals surface area contributed by atoms with Crippen LogP contribution in [0.1, 0.15) is 46.6 Å². The molecule has 6 heteroatoms. The van der Waals surface area contributed by atoms with E-state index < -0.39 is 6.04 Å². The van der Waals surface area contributed by atoms with E-state index in [0.717, 1.165) is 23.3 Å². The number of ether oxygens (including phenoxy) is 2. The van der Waals surface area contributed by atoms with E-state index in [-0.39, 0.29) is 17.1 Å². The monoisotopic (exact) mass is 469 g/mol. The number of amides is 1. The topological polar surface area (TPSA) is 69.0 Å². The summed E-state index contributed by atoms with van der Waals surface area (Å²) in [6, 6.07) is 21.9. The fourth-order valence-corrected chi connectivity index (χ4v) is 4.58. The average Bonchev–Trinajstić information content (AvgIpc) is 3.18. The van der Waals surface area contributed by atoms with Crippen molar-refractivity contribution in [3.63, 3.8) is 0 Å². The standard InChI is InChI=1S/C29H27NO5/c1-3-17-34-22-8-6-7-20(18-22)26-25-27(31)23-9-4-5-10-24(23)35-28(25)29(32)30(26)16-15-19-11-13-21(33-2)14-12-19/h4-14,18,26H,3,15-17H2,1-2H3/t26-/m1/s1. The highest BCUT2D eigenvalue weighted by Gasteiger charge is 2.42. The number of carbonyl (C=O) groups excluding carboxylic acids is 1. The van der Waals surface area contributed by atoms with Crippen molar-refractivity contribution in [3.8, 4) is 11.5 Å². The van der Waals surface area contributed by atoms with Crippen LogP contribution in [0.25, 0.3) is 11.0 Å². The minimum Gasteiger partial charge on any atom is -0.497 e. The lowest BCUT2D eigenvalue weighted by molar-refractivity contribution is 0.0730. The van der Waals surface area contributed by atoms with Gasteiger partial charge in [-0.15, -0.1) is 0 Å². The molecule has 1 atom stereocenters. The van der Waals surface area contributed by atoms with Crippen molar-refractivity contribution in [2.75, 3.05) is 20.3 Å². The van der Waals surface area contributed by atoms with Gasteiger partial charge in [-0.2, -0.15) is 0 Å². The van der Waals surface area contributed by atoms with Gasteiger partial charge in [-0.3, -0.25) is 9.59 Å². The normalized spacial score (nSPS) is 14.9.